The van der Waals surface area contributed by atoms with Crippen LogP contribution in [0.25, 0.3) is 11.5 Å². The second kappa shape index (κ2) is 7.46. The molecule has 3 aromatic rings. The molecule has 4 rings (SSSR count). The van der Waals surface area contributed by atoms with Crippen LogP contribution in [0, 0.1) is 11.6 Å². The van der Waals surface area contributed by atoms with Gasteiger partial charge in [-0.25, -0.2) is 13.8 Å². The van der Waals surface area contributed by atoms with Gasteiger partial charge >= 0.3 is 0 Å². The number of halogens is 2. The molecular weight excluding hydrogens is 366 g/mol. The van der Waals surface area contributed by atoms with E-state index in [0.717, 1.165) is 19.0 Å². The number of carbonyl (C=O) groups excluding carboxylic acids is 1. The molecular formula is C20H18F2N4O2. The molecule has 1 amide bonds. The van der Waals surface area contributed by atoms with Crippen molar-refractivity contribution in [1.29, 1.82) is 0 Å². The summed E-state index contributed by atoms with van der Waals surface area (Å²) in [5, 5.41) is 3.93. The average molecular weight is 384 g/mol. The molecule has 1 aliphatic rings. The van der Waals surface area contributed by atoms with Gasteiger partial charge < -0.3 is 9.42 Å². The Hall–Kier alpha value is -3.16. The fourth-order valence-electron chi connectivity index (χ4n) is 3.36. The first kappa shape index (κ1) is 18.2. The molecule has 0 spiro atoms. The number of benzene rings is 1. The monoisotopic (exact) mass is 384 g/mol. The van der Waals surface area contributed by atoms with Gasteiger partial charge in [-0.15, -0.1) is 0 Å². The molecule has 0 bridgehead atoms. The molecule has 1 saturated heterocycles. The summed E-state index contributed by atoms with van der Waals surface area (Å²) in [5.41, 5.74) is 0.857. The summed E-state index contributed by atoms with van der Waals surface area (Å²) in [5.74, 6) is -0.382. The quantitative estimate of drug-likeness (QED) is 0.687. The summed E-state index contributed by atoms with van der Waals surface area (Å²) >= 11 is 0. The molecule has 2 atom stereocenters. The van der Waals surface area contributed by atoms with Crippen molar-refractivity contribution >= 4 is 5.91 Å². The van der Waals surface area contributed by atoms with Crippen molar-refractivity contribution in [3.05, 3.63) is 65.7 Å². The first-order valence-corrected chi connectivity index (χ1v) is 9.03. The highest BCUT2D eigenvalue weighted by Crippen LogP contribution is 2.31. The smallest absolute Gasteiger partial charge is 0.254 e. The van der Waals surface area contributed by atoms with Gasteiger partial charge in [0.15, 0.2) is 0 Å². The van der Waals surface area contributed by atoms with Crippen molar-refractivity contribution in [2.75, 3.05) is 6.54 Å². The fraction of sp³-hybridized carbons (Fsp3) is 0.300. The zero-order chi connectivity index (χ0) is 19.7. The first-order chi connectivity index (χ1) is 13.5. The lowest BCUT2D eigenvalue weighted by atomic mass is 9.92. The molecule has 28 heavy (non-hydrogen) atoms. The molecule has 0 radical (unpaired) electrons. The summed E-state index contributed by atoms with van der Waals surface area (Å²) in [7, 11) is 0. The van der Waals surface area contributed by atoms with Crippen molar-refractivity contribution in [3.63, 3.8) is 0 Å². The van der Waals surface area contributed by atoms with Gasteiger partial charge in [0.1, 0.15) is 17.3 Å². The Morgan fingerprint density at radius 1 is 1.11 bits per heavy atom. The predicted octanol–water partition coefficient (Wildman–Crippen LogP) is 3.82. The topological polar surface area (TPSA) is 72.1 Å². The summed E-state index contributed by atoms with van der Waals surface area (Å²) in [6, 6.07) is 8.34. The third-order valence-corrected chi connectivity index (χ3v) is 4.98. The van der Waals surface area contributed by atoms with Crippen LogP contribution in [0.5, 0.6) is 0 Å². The van der Waals surface area contributed by atoms with Gasteiger partial charge in [-0.2, -0.15) is 4.98 Å². The third kappa shape index (κ3) is 3.62. The van der Waals surface area contributed by atoms with E-state index in [-0.39, 0.29) is 29.5 Å². The molecule has 3 heterocycles. The number of likely N-dealkylation sites (tertiary alicyclic amines) is 1. The van der Waals surface area contributed by atoms with Crippen LogP contribution in [0.2, 0.25) is 0 Å². The number of aromatic nitrogens is 3. The molecule has 6 nitrogen and oxygen atoms in total. The zero-order valence-corrected chi connectivity index (χ0v) is 15.2. The van der Waals surface area contributed by atoms with E-state index >= 15 is 0 Å². The fourth-order valence-corrected chi connectivity index (χ4v) is 3.36. The number of amides is 1. The first-order valence-electron chi connectivity index (χ1n) is 9.03. The molecule has 144 valence electrons. The van der Waals surface area contributed by atoms with E-state index in [9.17, 15) is 13.6 Å². The Morgan fingerprint density at radius 2 is 1.86 bits per heavy atom. The van der Waals surface area contributed by atoms with Crippen molar-refractivity contribution in [1.82, 2.24) is 20.0 Å². The summed E-state index contributed by atoms with van der Waals surface area (Å²) in [6.07, 6.45) is 2.67. The molecule has 0 aliphatic carbocycles. The highest BCUT2D eigenvalue weighted by atomic mass is 19.1. The SMILES string of the molecule is CC1CCC(c2nc(-c3ccc(F)cn3)no2)CN1C(=O)c1ccc(F)cc1. The van der Waals surface area contributed by atoms with Crippen LogP contribution >= 0.6 is 0 Å². The Balaban J connectivity index is 1.52. The largest absolute Gasteiger partial charge is 0.339 e. The van der Waals surface area contributed by atoms with Crippen LogP contribution in [0.3, 0.4) is 0 Å². The number of carbonyl (C=O) groups is 1. The van der Waals surface area contributed by atoms with Crippen LogP contribution in [-0.2, 0) is 0 Å². The van der Waals surface area contributed by atoms with Crippen molar-refractivity contribution < 1.29 is 18.1 Å². The second-order valence-corrected chi connectivity index (χ2v) is 6.91. The molecule has 1 aromatic carbocycles. The highest BCUT2D eigenvalue weighted by Gasteiger charge is 2.33. The van der Waals surface area contributed by atoms with E-state index in [1.54, 1.807) is 4.90 Å². The molecule has 0 N–H and O–H groups in total. The minimum atomic E-state index is -0.441. The van der Waals surface area contributed by atoms with Crippen LogP contribution < -0.4 is 0 Å². The van der Waals surface area contributed by atoms with Gasteiger partial charge in [0.25, 0.3) is 5.91 Å². The maximum atomic E-state index is 13.1. The molecule has 8 heteroatoms. The van der Waals surface area contributed by atoms with Crippen LogP contribution in [0.1, 0.15) is 41.9 Å². The lowest BCUT2D eigenvalue weighted by molar-refractivity contribution is 0.0593. The third-order valence-electron chi connectivity index (χ3n) is 4.98. The van der Waals surface area contributed by atoms with E-state index in [2.05, 4.69) is 15.1 Å². The normalized spacial score (nSPS) is 19.6. The minimum Gasteiger partial charge on any atom is -0.339 e. The Kier molecular flexibility index (Phi) is 4.85. The second-order valence-electron chi connectivity index (χ2n) is 6.91. The van der Waals surface area contributed by atoms with E-state index in [1.807, 2.05) is 6.92 Å². The number of hydrogen-bond donors (Lipinski definition) is 0. The summed E-state index contributed by atoms with van der Waals surface area (Å²) in [4.78, 5) is 22.9. The maximum absolute atomic E-state index is 13.1. The maximum Gasteiger partial charge on any atom is 0.254 e. The number of pyridine rings is 1. The minimum absolute atomic E-state index is 0.0509. The van der Waals surface area contributed by atoms with Gasteiger partial charge in [-0.1, -0.05) is 5.16 Å². The predicted molar refractivity (Wildman–Crippen MR) is 96.4 cm³/mol. The number of rotatable bonds is 3. The van der Waals surface area contributed by atoms with Crippen molar-refractivity contribution in [2.24, 2.45) is 0 Å². The Labute approximate surface area is 160 Å². The van der Waals surface area contributed by atoms with Gasteiger partial charge in [-0.05, 0) is 56.2 Å². The molecule has 0 saturated carbocycles. The standard InChI is InChI=1S/C20H18F2N4O2/c1-12-2-3-14(11-26(12)20(27)13-4-6-15(21)7-5-13)19-24-18(25-28-19)17-9-8-16(22)10-23-17/h4-10,12,14H,2-3,11H2,1H3. The Morgan fingerprint density at radius 3 is 2.57 bits per heavy atom. The van der Waals surface area contributed by atoms with Crippen LogP contribution in [0.4, 0.5) is 8.78 Å². The van der Waals surface area contributed by atoms with E-state index in [1.165, 1.54) is 36.4 Å². The lowest BCUT2D eigenvalue weighted by Crippen LogP contribution is -2.44. The van der Waals surface area contributed by atoms with Crippen molar-refractivity contribution in [3.8, 4) is 11.5 Å². The average Bonchev–Trinajstić information content (AvgIpc) is 3.19. The molecule has 2 aromatic heterocycles. The van der Waals surface area contributed by atoms with Crippen LogP contribution in [0.15, 0.2) is 47.1 Å². The van der Waals surface area contributed by atoms with Crippen LogP contribution in [-0.4, -0.2) is 38.5 Å². The van der Waals surface area contributed by atoms with Gasteiger partial charge in [-0.3, -0.25) is 4.79 Å². The molecule has 1 fully saturated rings. The van der Waals surface area contributed by atoms with Gasteiger partial charge in [0.05, 0.1) is 12.1 Å². The van der Waals surface area contributed by atoms with E-state index in [0.29, 0.717) is 23.7 Å². The zero-order valence-electron chi connectivity index (χ0n) is 15.2. The van der Waals surface area contributed by atoms with Gasteiger partial charge in [0.2, 0.25) is 11.7 Å². The summed E-state index contributed by atoms with van der Waals surface area (Å²) in [6.45, 7) is 2.41. The number of nitrogens with zero attached hydrogens (tertiary/aromatic N) is 4. The van der Waals surface area contributed by atoms with E-state index < -0.39 is 5.82 Å². The summed E-state index contributed by atoms with van der Waals surface area (Å²) < 4.78 is 31.6. The van der Waals surface area contributed by atoms with E-state index in [4.69, 9.17) is 4.52 Å². The van der Waals surface area contributed by atoms with Gasteiger partial charge in [0, 0.05) is 18.2 Å². The Bertz CT molecular complexity index is 973. The molecule has 2 unspecified atom stereocenters. The number of hydrogen-bond acceptors (Lipinski definition) is 5. The lowest BCUT2D eigenvalue weighted by Gasteiger charge is -2.36. The van der Waals surface area contributed by atoms with Crippen molar-refractivity contribution in [2.45, 2.75) is 31.7 Å². The number of piperidine rings is 1. The highest BCUT2D eigenvalue weighted by molar-refractivity contribution is 5.94. The molecule has 1 aliphatic heterocycles.